The van der Waals surface area contributed by atoms with E-state index in [1.165, 1.54) is 25.7 Å². The van der Waals surface area contributed by atoms with Crippen LogP contribution >= 0.6 is 0 Å². The lowest BCUT2D eigenvalue weighted by Gasteiger charge is -2.28. The molecule has 0 heterocycles. The minimum atomic E-state index is -0.364. The van der Waals surface area contributed by atoms with Crippen LogP contribution in [0.25, 0.3) is 0 Å². The Labute approximate surface area is 174 Å². The van der Waals surface area contributed by atoms with Crippen molar-refractivity contribution in [1.82, 2.24) is 10.6 Å². The number of carbonyl (C=O) groups is 1. The van der Waals surface area contributed by atoms with Gasteiger partial charge >= 0.3 is 0 Å². The zero-order chi connectivity index (χ0) is 21.0. The smallest absolute Gasteiger partial charge is 0.263 e. The van der Waals surface area contributed by atoms with Gasteiger partial charge in [0.2, 0.25) is 0 Å². The fourth-order valence-corrected chi connectivity index (χ4v) is 5.04. The van der Waals surface area contributed by atoms with E-state index in [-0.39, 0.29) is 23.6 Å². The van der Waals surface area contributed by atoms with Gasteiger partial charge in [-0.25, -0.2) is 0 Å². The predicted octanol–water partition coefficient (Wildman–Crippen LogP) is 4.39. The highest BCUT2D eigenvalue weighted by Crippen LogP contribution is 2.49. The van der Waals surface area contributed by atoms with E-state index in [1.54, 1.807) is 6.20 Å². The van der Waals surface area contributed by atoms with Crippen molar-refractivity contribution in [2.45, 2.75) is 65.5 Å². The Balaban J connectivity index is 1.63. The Bertz CT molecular complexity index is 811. The van der Waals surface area contributed by atoms with Gasteiger partial charge in [-0.3, -0.25) is 4.79 Å². The average Bonchev–Trinajstić information content (AvgIpc) is 3.33. The molecule has 5 unspecified atom stereocenters. The van der Waals surface area contributed by atoms with Gasteiger partial charge in [0.25, 0.3) is 5.91 Å². The van der Waals surface area contributed by atoms with Crippen LogP contribution in [0, 0.1) is 36.0 Å². The standard InChI is InChI=1S/C24H33N3O2/c1-5-29-23-9-6-15(2)10-22(23)17(4)27-24(28)20(13-25)14-26-16(3)21-12-18-7-8-19(21)11-18/h6,9-10,14,16-19,21,26H,5,7-8,11-12H2,1-4H3,(H,27,28)/b20-14-. The van der Waals surface area contributed by atoms with Gasteiger partial charge in [0.15, 0.2) is 0 Å². The molecule has 1 aromatic rings. The Morgan fingerprint density at radius 2 is 2.14 bits per heavy atom. The molecule has 1 amide bonds. The molecule has 2 bridgehead atoms. The average molecular weight is 396 g/mol. The summed E-state index contributed by atoms with van der Waals surface area (Å²) in [5.41, 5.74) is 2.13. The second-order valence-corrected chi connectivity index (χ2v) is 8.63. The van der Waals surface area contributed by atoms with Crippen LogP contribution in [-0.2, 0) is 4.79 Å². The van der Waals surface area contributed by atoms with Crippen molar-refractivity contribution in [3.05, 3.63) is 41.1 Å². The number of hydrogen-bond acceptors (Lipinski definition) is 4. The first-order valence-corrected chi connectivity index (χ1v) is 10.8. The summed E-state index contributed by atoms with van der Waals surface area (Å²) in [6.45, 7) is 8.58. The number of amides is 1. The van der Waals surface area contributed by atoms with Crippen molar-refractivity contribution in [3.8, 4) is 11.8 Å². The lowest BCUT2D eigenvalue weighted by atomic mass is 9.84. The predicted molar refractivity (Wildman–Crippen MR) is 114 cm³/mol. The first-order chi connectivity index (χ1) is 13.9. The minimum Gasteiger partial charge on any atom is -0.494 e. The molecule has 5 atom stereocenters. The van der Waals surface area contributed by atoms with E-state index in [4.69, 9.17) is 4.74 Å². The second kappa shape index (κ2) is 9.35. The largest absolute Gasteiger partial charge is 0.494 e. The molecule has 5 nitrogen and oxygen atoms in total. The summed E-state index contributed by atoms with van der Waals surface area (Å²) >= 11 is 0. The van der Waals surface area contributed by atoms with E-state index >= 15 is 0 Å². The fourth-order valence-electron chi connectivity index (χ4n) is 5.04. The van der Waals surface area contributed by atoms with Gasteiger partial charge in [0, 0.05) is 17.8 Å². The maximum Gasteiger partial charge on any atom is 0.263 e. The van der Waals surface area contributed by atoms with Crippen molar-refractivity contribution < 1.29 is 9.53 Å². The summed E-state index contributed by atoms with van der Waals surface area (Å²) in [5.74, 6) is 2.72. The summed E-state index contributed by atoms with van der Waals surface area (Å²) < 4.78 is 5.70. The van der Waals surface area contributed by atoms with Crippen molar-refractivity contribution in [2.24, 2.45) is 17.8 Å². The molecule has 2 fully saturated rings. The normalized spacial score (nSPS) is 25.2. The number of fused-ring (bicyclic) bond motifs is 2. The summed E-state index contributed by atoms with van der Waals surface area (Å²) in [4.78, 5) is 12.7. The third-order valence-electron chi connectivity index (χ3n) is 6.57. The molecular weight excluding hydrogens is 362 g/mol. The van der Waals surface area contributed by atoms with E-state index in [1.807, 2.05) is 45.0 Å². The topological polar surface area (TPSA) is 74.1 Å². The third kappa shape index (κ3) is 4.93. The molecule has 5 heteroatoms. The highest BCUT2D eigenvalue weighted by Gasteiger charge is 2.41. The van der Waals surface area contributed by atoms with Gasteiger partial charge in [0.05, 0.1) is 12.6 Å². The van der Waals surface area contributed by atoms with E-state index in [0.29, 0.717) is 12.5 Å². The summed E-state index contributed by atoms with van der Waals surface area (Å²) in [6.07, 6.45) is 6.91. The Hall–Kier alpha value is -2.48. The molecule has 2 saturated carbocycles. The number of hydrogen-bond donors (Lipinski definition) is 2. The van der Waals surface area contributed by atoms with Crippen LogP contribution in [0.15, 0.2) is 30.0 Å². The zero-order valence-corrected chi connectivity index (χ0v) is 18.0. The first kappa shape index (κ1) is 21.2. The minimum absolute atomic E-state index is 0.109. The van der Waals surface area contributed by atoms with E-state index < -0.39 is 0 Å². The van der Waals surface area contributed by atoms with Gasteiger partial charge in [-0.05, 0) is 70.8 Å². The maximum absolute atomic E-state index is 12.7. The molecule has 3 rings (SSSR count). The van der Waals surface area contributed by atoms with E-state index in [0.717, 1.165) is 28.7 Å². The van der Waals surface area contributed by atoms with Crippen molar-refractivity contribution in [3.63, 3.8) is 0 Å². The van der Waals surface area contributed by atoms with Crippen LogP contribution in [0.5, 0.6) is 5.75 Å². The van der Waals surface area contributed by atoms with Gasteiger partial charge < -0.3 is 15.4 Å². The second-order valence-electron chi connectivity index (χ2n) is 8.63. The van der Waals surface area contributed by atoms with E-state index in [9.17, 15) is 10.1 Å². The fraction of sp³-hybridized carbons (Fsp3) is 0.583. The van der Waals surface area contributed by atoms with Gasteiger partial charge in [-0.15, -0.1) is 0 Å². The number of ether oxygens (including phenoxy) is 1. The monoisotopic (exact) mass is 395 g/mol. The Morgan fingerprint density at radius 3 is 2.76 bits per heavy atom. The molecule has 2 N–H and O–H groups in total. The number of aryl methyl sites for hydroxylation is 1. The van der Waals surface area contributed by atoms with Crippen molar-refractivity contribution >= 4 is 5.91 Å². The lowest BCUT2D eigenvalue weighted by molar-refractivity contribution is -0.117. The quantitative estimate of drug-likeness (QED) is 0.506. The number of nitrogens with one attached hydrogen (secondary N) is 2. The lowest BCUT2D eigenvalue weighted by Crippen LogP contribution is -2.34. The van der Waals surface area contributed by atoms with Crippen molar-refractivity contribution in [2.75, 3.05) is 6.61 Å². The van der Waals surface area contributed by atoms with Gasteiger partial charge in [-0.2, -0.15) is 5.26 Å². The summed E-state index contributed by atoms with van der Waals surface area (Å²) in [7, 11) is 0. The highest BCUT2D eigenvalue weighted by atomic mass is 16.5. The number of nitriles is 1. The number of benzene rings is 1. The van der Waals surface area contributed by atoms with Crippen LogP contribution in [0.2, 0.25) is 0 Å². The Kier molecular flexibility index (Phi) is 6.84. The van der Waals surface area contributed by atoms with Crippen LogP contribution < -0.4 is 15.4 Å². The molecule has 0 spiro atoms. The summed E-state index contributed by atoms with van der Waals surface area (Å²) in [6, 6.07) is 8.00. The number of nitrogens with zero attached hydrogens (tertiary/aromatic N) is 1. The molecule has 0 aliphatic heterocycles. The SMILES string of the molecule is CCOc1ccc(C)cc1C(C)NC(=O)/C(C#N)=C\NC(C)C1CC2CCC1C2. The molecule has 0 saturated heterocycles. The maximum atomic E-state index is 12.7. The van der Waals surface area contributed by atoms with E-state index in [2.05, 4.69) is 17.6 Å². The molecule has 2 aliphatic carbocycles. The highest BCUT2D eigenvalue weighted by molar-refractivity contribution is 5.97. The van der Waals surface area contributed by atoms with Crippen LogP contribution in [0.1, 0.15) is 63.6 Å². The molecule has 1 aromatic carbocycles. The summed E-state index contributed by atoms with van der Waals surface area (Å²) in [5, 5.41) is 15.8. The molecule has 2 aliphatic rings. The number of rotatable bonds is 8. The third-order valence-corrected chi connectivity index (χ3v) is 6.57. The molecule has 0 aromatic heterocycles. The van der Waals surface area contributed by atoms with Crippen LogP contribution in [-0.4, -0.2) is 18.6 Å². The molecule has 29 heavy (non-hydrogen) atoms. The number of carbonyl (C=O) groups excluding carboxylic acids is 1. The van der Waals surface area contributed by atoms with Gasteiger partial charge in [-0.1, -0.05) is 24.1 Å². The Morgan fingerprint density at radius 1 is 1.34 bits per heavy atom. The van der Waals surface area contributed by atoms with Crippen LogP contribution in [0.4, 0.5) is 0 Å². The van der Waals surface area contributed by atoms with Gasteiger partial charge in [0.1, 0.15) is 17.4 Å². The first-order valence-electron chi connectivity index (χ1n) is 10.8. The molecule has 0 radical (unpaired) electrons. The van der Waals surface area contributed by atoms with Crippen LogP contribution in [0.3, 0.4) is 0 Å². The van der Waals surface area contributed by atoms with Crippen molar-refractivity contribution in [1.29, 1.82) is 5.26 Å². The molecular formula is C24H33N3O2. The molecule has 156 valence electrons. The zero-order valence-electron chi connectivity index (χ0n) is 18.0.